The molecule has 0 aliphatic heterocycles. The maximum Gasteiger partial charge on any atom is 0.337 e. The fourth-order valence-corrected chi connectivity index (χ4v) is 2.59. The van der Waals surface area contributed by atoms with E-state index in [1.54, 1.807) is 0 Å². The summed E-state index contributed by atoms with van der Waals surface area (Å²) in [4.78, 5) is 0. The van der Waals surface area contributed by atoms with E-state index in [9.17, 15) is 5.11 Å². The van der Waals surface area contributed by atoms with E-state index in [0.717, 1.165) is 10.9 Å². The van der Waals surface area contributed by atoms with Crippen LogP contribution in [0.5, 0.6) is 5.95 Å². The highest BCUT2D eigenvalue weighted by atomic mass is 32.1. The van der Waals surface area contributed by atoms with Gasteiger partial charge in [-0.3, -0.25) is 0 Å². The number of azo groups is 1. The maximum absolute atomic E-state index is 9.74. The molecular weight excluding hydrogens is 288 g/mol. The van der Waals surface area contributed by atoms with Crippen LogP contribution in [0.15, 0.2) is 39.0 Å². The van der Waals surface area contributed by atoms with Crippen LogP contribution in [0.4, 0.5) is 10.7 Å². The van der Waals surface area contributed by atoms with E-state index >= 15 is 0 Å². The second kappa shape index (κ2) is 4.92. The Morgan fingerprint density at radius 3 is 2.71 bits per heavy atom. The fraction of sp³-hybridized carbons (Fsp3) is 0.286. The third-order valence-corrected chi connectivity index (χ3v) is 3.73. The monoisotopic (exact) mass is 302 g/mol. The Hall–Kier alpha value is -2.28. The van der Waals surface area contributed by atoms with Gasteiger partial charge in [-0.05, 0) is 23.7 Å². The van der Waals surface area contributed by atoms with Crippen LogP contribution in [0.3, 0.4) is 0 Å². The smallest absolute Gasteiger partial charge is 0.337 e. The molecule has 3 rings (SSSR count). The lowest BCUT2D eigenvalue weighted by molar-refractivity contribution is 0.273. The van der Waals surface area contributed by atoms with Crippen LogP contribution in [0.2, 0.25) is 0 Å². The van der Waals surface area contributed by atoms with Crippen LogP contribution >= 0.6 is 11.5 Å². The van der Waals surface area contributed by atoms with Crippen molar-refractivity contribution in [2.75, 3.05) is 0 Å². The molecule has 2 heterocycles. The molecule has 2 aromatic heterocycles. The summed E-state index contributed by atoms with van der Waals surface area (Å²) in [5.41, 5.74) is 1.41. The summed E-state index contributed by atoms with van der Waals surface area (Å²) < 4.78 is 9.12. The van der Waals surface area contributed by atoms with Crippen LogP contribution < -0.4 is 0 Å². The average Bonchev–Trinajstić information content (AvgIpc) is 3.00. The minimum Gasteiger partial charge on any atom is -0.478 e. The van der Waals surface area contributed by atoms with Crippen molar-refractivity contribution >= 4 is 33.1 Å². The van der Waals surface area contributed by atoms with E-state index in [1.807, 2.05) is 45.0 Å². The number of hydrogen-bond acceptors (Lipinski definition) is 7. The van der Waals surface area contributed by atoms with Gasteiger partial charge in [0.1, 0.15) is 5.69 Å². The van der Waals surface area contributed by atoms with Gasteiger partial charge in [0.25, 0.3) is 0 Å². The highest BCUT2D eigenvalue weighted by Crippen LogP contribution is 2.39. The molecule has 0 fully saturated rings. The Morgan fingerprint density at radius 1 is 1.19 bits per heavy atom. The lowest BCUT2D eigenvalue weighted by Crippen LogP contribution is -2.11. The second-order valence-corrected chi connectivity index (χ2v) is 6.39. The van der Waals surface area contributed by atoms with Gasteiger partial charge < -0.3 is 9.63 Å². The van der Waals surface area contributed by atoms with E-state index in [4.69, 9.17) is 4.52 Å². The van der Waals surface area contributed by atoms with Gasteiger partial charge in [-0.1, -0.05) is 38.1 Å². The average molecular weight is 302 g/mol. The Balaban J connectivity index is 2.02. The minimum absolute atomic E-state index is 0.264. The first-order valence-electron chi connectivity index (χ1n) is 6.42. The summed E-state index contributed by atoms with van der Waals surface area (Å²) in [5.74, 6) is -0.322. The van der Waals surface area contributed by atoms with Crippen molar-refractivity contribution in [2.24, 2.45) is 10.2 Å². The van der Waals surface area contributed by atoms with Crippen molar-refractivity contribution in [3.63, 3.8) is 0 Å². The quantitative estimate of drug-likeness (QED) is 0.695. The first-order chi connectivity index (χ1) is 9.97. The molecule has 0 unspecified atom stereocenters. The van der Waals surface area contributed by atoms with Gasteiger partial charge in [0.15, 0.2) is 10.7 Å². The van der Waals surface area contributed by atoms with E-state index in [2.05, 4.69) is 19.8 Å². The van der Waals surface area contributed by atoms with E-state index < -0.39 is 0 Å². The molecule has 0 atom stereocenters. The third kappa shape index (κ3) is 2.52. The molecule has 0 bridgehead atoms. The molecule has 0 radical (unpaired) electrons. The van der Waals surface area contributed by atoms with Gasteiger partial charge in [0.05, 0.1) is 5.52 Å². The number of benzene rings is 1. The van der Waals surface area contributed by atoms with Crippen molar-refractivity contribution in [1.29, 1.82) is 0 Å². The SMILES string of the molecule is CC(C)(C)c1noc(O)c1N=Nc1snc2ccccc12. The summed E-state index contributed by atoms with van der Waals surface area (Å²) in [6.45, 7) is 5.89. The molecular formula is C14H14N4O2S. The van der Waals surface area contributed by atoms with Crippen molar-refractivity contribution < 1.29 is 9.63 Å². The molecule has 0 saturated heterocycles. The van der Waals surface area contributed by atoms with Crippen molar-refractivity contribution in [1.82, 2.24) is 9.53 Å². The van der Waals surface area contributed by atoms with E-state index in [-0.39, 0.29) is 17.0 Å². The van der Waals surface area contributed by atoms with Crippen molar-refractivity contribution in [3.8, 4) is 5.95 Å². The van der Waals surface area contributed by atoms with Gasteiger partial charge in [0, 0.05) is 10.8 Å². The first kappa shape index (κ1) is 13.7. The molecule has 0 aliphatic carbocycles. The summed E-state index contributed by atoms with van der Waals surface area (Å²) in [5, 5.41) is 23.5. The van der Waals surface area contributed by atoms with Crippen LogP contribution in [-0.4, -0.2) is 14.6 Å². The predicted octanol–water partition coefficient (Wildman–Crippen LogP) is 4.70. The zero-order chi connectivity index (χ0) is 15.0. The summed E-state index contributed by atoms with van der Waals surface area (Å²) in [6.07, 6.45) is 0. The number of aromatic nitrogens is 2. The van der Waals surface area contributed by atoms with Crippen LogP contribution in [0.25, 0.3) is 10.9 Å². The number of rotatable bonds is 2. The van der Waals surface area contributed by atoms with Crippen LogP contribution in [0.1, 0.15) is 26.5 Å². The number of aromatic hydroxyl groups is 1. The normalized spacial score (nSPS) is 12.5. The van der Waals surface area contributed by atoms with Gasteiger partial charge >= 0.3 is 5.95 Å². The molecule has 1 aromatic carbocycles. The fourth-order valence-electron chi connectivity index (χ4n) is 1.90. The zero-order valence-corrected chi connectivity index (χ0v) is 12.7. The number of nitrogens with zero attached hydrogens (tertiary/aromatic N) is 4. The number of fused-ring (bicyclic) bond motifs is 1. The standard InChI is InChI=1S/C14H14N4O2S/c1-14(2,3)11-10(13(19)20-17-11)15-16-12-8-6-4-5-7-9(8)18-21-12/h4-7,19H,1-3H3. The van der Waals surface area contributed by atoms with Crippen molar-refractivity contribution in [2.45, 2.75) is 26.2 Å². The van der Waals surface area contributed by atoms with Gasteiger partial charge in [-0.2, -0.15) is 4.37 Å². The third-order valence-electron chi connectivity index (χ3n) is 2.97. The molecule has 21 heavy (non-hydrogen) atoms. The van der Waals surface area contributed by atoms with Crippen molar-refractivity contribution in [3.05, 3.63) is 30.0 Å². The maximum atomic E-state index is 9.74. The molecule has 108 valence electrons. The Kier molecular flexibility index (Phi) is 3.21. The van der Waals surface area contributed by atoms with E-state index in [1.165, 1.54) is 11.5 Å². The summed E-state index contributed by atoms with van der Waals surface area (Å²) in [7, 11) is 0. The molecule has 0 saturated carbocycles. The van der Waals surface area contributed by atoms with Gasteiger partial charge in [0.2, 0.25) is 0 Å². The topological polar surface area (TPSA) is 83.9 Å². The molecule has 3 aromatic rings. The molecule has 0 amide bonds. The van der Waals surface area contributed by atoms with Crippen LogP contribution in [-0.2, 0) is 5.41 Å². The Labute approximate surface area is 125 Å². The highest BCUT2D eigenvalue weighted by molar-refractivity contribution is 7.11. The van der Waals surface area contributed by atoms with Gasteiger partial charge in [-0.15, -0.1) is 10.2 Å². The second-order valence-electron chi connectivity index (χ2n) is 5.64. The highest BCUT2D eigenvalue weighted by Gasteiger charge is 2.26. The molecule has 6 nitrogen and oxygen atoms in total. The largest absolute Gasteiger partial charge is 0.478 e. The number of hydrogen-bond donors (Lipinski definition) is 1. The van der Waals surface area contributed by atoms with Crippen LogP contribution in [0, 0.1) is 0 Å². The van der Waals surface area contributed by atoms with E-state index in [0.29, 0.717) is 10.7 Å². The first-order valence-corrected chi connectivity index (χ1v) is 7.19. The molecule has 1 N–H and O–H groups in total. The summed E-state index contributed by atoms with van der Waals surface area (Å²) >= 11 is 1.26. The zero-order valence-electron chi connectivity index (χ0n) is 11.9. The lowest BCUT2D eigenvalue weighted by Gasteiger charge is -2.13. The molecule has 0 aliphatic rings. The molecule has 7 heteroatoms. The predicted molar refractivity (Wildman–Crippen MR) is 80.7 cm³/mol. The molecule has 0 spiro atoms. The Morgan fingerprint density at radius 2 is 1.95 bits per heavy atom. The lowest BCUT2D eigenvalue weighted by atomic mass is 9.91. The van der Waals surface area contributed by atoms with Gasteiger partial charge in [-0.25, -0.2) is 0 Å². The minimum atomic E-state index is -0.322. The Bertz CT molecular complexity index is 814. The summed E-state index contributed by atoms with van der Waals surface area (Å²) in [6, 6.07) is 7.70.